The first-order valence-electron chi connectivity index (χ1n) is 6.18. The van der Waals surface area contributed by atoms with Crippen LogP contribution in [0.1, 0.15) is 12.0 Å². The first-order valence-corrected chi connectivity index (χ1v) is 6.18. The maximum atomic E-state index is 11.7. The highest BCUT2D eigenvalue weighted by Gasteiger charge is 2.05. The fraction of sp³-hybridized carbons (Fsp3) is 0.118. The van der Waals surface area contributed by atoms with Crippen LogP contribution in [0.5, 0.6) is 5.75 Å². The lowest BCUT2D eigenvalue weighted by molar-refractivity contribution is -0.111. The number of ether oxygens (including phenoxy) is 1. The molecule has 0 N–H and O–H groups in total. The van der Waals surface area contributed by atoms with E-state index in [-0.39, 0.29) is 5.78 Å². The maximum absolute atomic E-state index is 11.7. The van der Waals surface area contributed by atoms with Crippen LogP contribution >= 0.6 is 0 Å². The second-order valence-electron chi connectivity index (χ2n) is 4.18. The number of rotatable bonds is 5. The van der Waals surface area contributed by atoms with E-state index in [9.17, 15) is 4.79 Å². The molecule has 1 aromatic rings. The largest absolute Gasteiger partial charge is 0.497 e. The van der Waals surface area contributed by atoms with Crippen LogP contribution in [0.3, 0.4) is 0 Å². The quantitative estimate of drug-likeness (QED) is 0.589. The Hall–Kier alpha value is -2.35. The third-order valence-electron chi connectivity index (χ3n) is 2.83. The van der Waals surface area contributed by atoms with E-state index in [1.54, 1.807) is 19.3 Å². The molecular weight excluding hydrogens is 236 g/mol. The number of allylic oxidation sites excluding steroid dienone is 7. The van der Waals surface area contributed by atoms with Crippen molar-refractivity contribution in [1.82, 2.24) is 0 Å². The number of carbonyl (C=O) groups is 1. The van der Waals surface area contributed by atoms with E-state index in [0.29, 0.717) is 0 Å². The minimum absolute atomic E-state index is 0.0697. The summed E-state index contributed by atoms with van der Waals surface area (Å²) in [6.45, 7) is 0. The Morgan fingerprint density at radius 3 is 2.95 bits per heavy atom. The number of hydrogen-bond donors (Lipinski definition) is 0. The van der Waals surface area contributed by atoms with Gasteiger partial charge in [0.05, 0.1) is 7.11 Å². The van der Waals surface area contributed by atoms with E-state index in [2.05, 4.69) is 0 Å². The molecule has 2 rings (SSSR count). The van der Waals surface area contributed by atoms with Crippen molar-refractivity contribution in [3.8, 4) is 5.75 Å². The minimum Gasteiger partial charge on any atom is -0.497 e. The molecule has 2 nitrogen and oxygen atoms in total. The number of hydrogen-bond acceptors (Lipinski definition) is 2. The molecular formula is C17H16O2. The molecule has 1 aromatic carbocycles. The number of carbonyl (C=O) groups excluding carboxylic acids is 1. The second-order valence-corrected chi connectivity index (χ2v) is 4.18. The van der Waals surface area contributed by atoms with Crippen LogP contribution < -0.4 is 4.74 Å². The van der Waals surface area contributed by atoms with Gasteiger partial charge in [0.15, 0.2) is 5.78 Å². The minimum atomic E-state index is 0.0697. The summed E-state index contributed by atoms with van der Waals surface area (Å²) in [5.41, 5.74) is 1.88. The van der Waals surface area contributed by atoms with Gasteiger partial charge in [0.1, 0.15) is 5.75 Å². The van der Waals surface area contributed by atoms with E-state index in [1.807, 2.05) is 54.6 Å². The first kappa shape index (κ1) is 13.1. The predicted molar refractivity (Wildman–Crippen MR) is 78.0 cm³/mol. The van der Waals surface area contributed by atoms with E-state index in [4.69, 9.17) is 4.74 Å². The van der Waals surface area contributed by atoms with Crippen LogP contribution in [-0.4, -0.2) is 12.9 Å². The molecule has 0 radical (unpaired) electrons. The summed E-state index contributed by atoms with van der Waals surface area (Å²) in [6.07, 6.45) is 13.6. The number of ketones is 1. The summed E-state index contributed by atoms with van der Waals surface area (Å²) in [6, 6.07) is 7.76. The lowest BCUT2D eigenvalue weighted by Crippen LogP contribution is -1.94. The van der Waals surface area contributed by atoms with Gasteiger partial charge in [0, 0.05) is 5.57 Å². The molecule has 0 atom stereocenters. The van der Waals surface area contributed by atoms with Gasteiger partial charge >= 0.3 is 0 Å². The van der Waals surface area contributed by atoms with Crippen molar-refractivity contribution in [3.05, 3.63) is 71.9 Å². The van der Waals surface area contributed by atoms with Gasteiger partial charge in [-0.15, -0.1) is 0 Å². The molecule has 0 fully saturated rings. The molecule has 19 heavy (non-hydrogen) atoms. The smallest absolute Gasteiger partial charge is 0.182 e. The van der Waals surface area contributed by atoms with Crippen LogP contribution in [0.15, 0.2) is 66.3 Å². The third-order valence-corrected chi connectivity index (χ3v) is 2.83. The van der Waals surface area contributed by atoms with Gasteiger partial charge in [-0.25, -0.2) is 0 Å². The Labute approximate surface area is 113 Å². The fourth-order valence-corrected chi connectivity index (χ4v) is 1.79. The summed E-state index contributed by atoms with van der Waals surface area (Å²) in [5.74, 6) is 0.893. The Bertz CT molecular complexity index is 575. The molecule has 0 saturated carbocycles. The molecule has 0 saturated heterocycles. The van der Waals surface area contributed by atoms with Gasteiger partial charge in [-0.2, -0.15) is 0 Å². The molecule has 0 aliphatic heterocycles. The normalized spacial score (nSPS) is 14.3. The first-order chi connectivity index (χ1) is 9.29. The van der Waals surface area contributed by atoms with Crippen molar-refractivity contribution in [2.24, 2.45) is 0 Å². The number of benzene rings is 1. The van der Waals surface area contributed by atoms with Gasteiger partial charge in [0.2, 0.25) is 0 Å². The topological polar surface area (TPSA) is 26.3 Å². The van der Waals surface area contributed by atoms with Crippen molar-refractivity contribution in [2.75, 3.05) is 7.11 Å². The summed E-state index contributed by atoms with van der Waals surface area (Å²) < 4.78 is 5.15. The predicted octanol–water partition coefficient (Wildman–Crippen LogP) is 3.72. The van der Waals surface area contributed by atoms with Crippen molar-refractivity contribution in [1.29, 1.82) is 0 Å². The standard InChI is InChI=1S/C17H16O2/c1-19-16-11-6-8-14(13-16)7-2-5-12-17(18)15-9-3-4-10-15/h2-9,11-13H,10H2,1H3. The van der Waals surface area contributed by atoms with Gasteiger partial charge in [-0.1, -0.05) is 48.6 Å². The Balaban J connectivity index is 1.93. The summed E-state index contributed by atoms with van der Waals surface area (Å²) >= 11 is 0. The fourth-order valence-electron chi connectivity index (χ4n) is 1.79. The summed E-state index contributed by atoms with van der Waals surface area (Å²) in [5, 5.41) is 0. The van der Waals surface area contributed by atoms with Gasteiger partial charge in [-0.3, -0.25) is 4.79 Å². The van der Waals surface area contributed by atoms with Gasteiger partial charge < -0.3 is 4.74 Å². The van der Waals surface area contributed by atoms with Crippen molar-refractivity contribution in [3.63, 3.8) is 0 Å². The average molecular weight is 252 g/mol. The molecule has 0 spiro atoms. The average Bonchev–Trinajstić information content (AvgIpc) is 2.98. The molecule has 0 amide bonds. The molecule has 1 aliphatic rings. The van der Waals surface area contributed by atoms with Crippen molar-refractivity contribution < 1.29 is 9.53 Å². The zero-order chi connectivity index (χ0) is 13.5. The SMILES string of the molecule is COc1cccc(C=CC=CC(=O)C2=CC=CC2)c1. The lowest BCUT2D eigenvalue weighted by Gasteiger charge is -1.99. The van der Waals surface area contributed by atoms with E-state index >= 15 is 0 Å². The Morgan fingerprint density at radius 2 is 2.21 bits per heavy atom. The van der Waals surface area contributed by atoms with Crippen LogP contribution in [0.4, 0.5) is 0 Å². The van der Waals surface area contributed by atoms with Crippen LogP contribution in [0.25, 0.3) is 6.08 Å². The monoisotopic (exact) mass is 252 g/mol. The Morgan fingerprint density at radius 1 is 1.32 bits per heavy atom. The summed E-state index contributed by atoms with van der Waals surface area (Å²) in [4.78, 5) is 11.7. The molecule has 0 unspecified atom stereocenters. The molecule has 96 valence electrons. The van der Waals surface area contributed by atoms with Crippen LogP contribution in [-0.2, 0) is 4.79 Å². The van der Waals surface area contributed by atoms with Crippen LogP contribution in [0, 0.1) is 0 Å². The highest BCUT2D eigenvalue weighted by Crippen LogP contribution is 2.14. The van der Waals surface area contributed by atoms with E-state index in [0.717, 1.165) is 23.3 Å². The zero-order valence-electron chi connectivity index (χ0n) is 10.9. The third kappa shape index (κ3) is 3.81. The second kappa shape index (κ2) is 6.55. The Kier molecular flexibility index (Phi) is 4.51. The van der Waals surface area contributed by atoms with Gasteiger partial charge in [0.25, 0.3) is 0 Å². The van der Waals surface area contributed by atoms with Gasteiger partial charge in [-0.05, 0) is 30.2 Å². The highest BCUT2D eigenvalue weighted by atomic mass is 16.5. The lowest BCUT2D eigenvalue weighted by atomic mass is 10.1. The van der Waals surface area contributed by atoms with Crippen molar-refractivity contribution >= 4 is 11.9 Å². The molecule has 0 heterocycles. The van der Waals surface area contributed by atoms with E-state index in [1.165, 1.54) is 0 Å². The highest BCUT2D eigenvalue weighted by molar-refractivity contribution is 6.04. The summed E-state index contributed by atoms with van der Waals surface area (Å²) in [7, 11) is 1.64. The number of methoxy groups -OCH3 is 1. The zero-order valence-corrected chi connectivity index (χ0v) is 10.9. The maximum Gasteiger partial charge on any atom is 0.182 e. The van der Waals surface area contributed by atoms with Crippen molar-refractivity contribution in [2.45, 2.75) is 6.42 Å². The molecule has 0 aromatic heterocycles. The van der Waals surface area contributed by atoms with E-state index < -0.39 is 0 Å². The van der Waals surface area contributed by atoms with Crippen LogP contribution in [0.2, 0.25) is 0 Å². The molecule has 0 bridgehead atoms. The molecule has 2 heteroatoms. The molecule has 1 aliphatic carbocycles.